The molecule has 2 N–H and O–H groups in total. The summed E-state index contributed by atoms with van der Waals surface area (Å²) in [5, 5.41) is 0. The van der Waals surface area contributed by atoms with Crippen LogP contribution in [-0.4, -0.2) is 36.7 Å². The summed E-state index contributed by atoms with van der Waals surface area (Å²) in [5.41, 5.74) is 6.41. The first kappa shape index (κ1) is 11.8. The van der Waals surface area contributed by atoms with Crippen LogP contribution >= 0.6 is 15.9 Å². The van der Waals surface area contributed by atoms with E-state index in [1.807, 2.05) is 0 Å². The van der Waals surface area contributed by atoms with E-state index in [1.165, 1.54) is 0 Å². The lowest BCUT2D eigenvalue weighted by atomic mass is 10.2. The summed E-state index contributed by atoms with van der Waals surface area (Å²) in [7, 11) is 0. The fourth-order valence-electron chi connectivity index (χ4n) is 2.25. The summed E-state index contributed by atoms with van der Waals surface area (Å²) in [6.07, 6.45) is 0.859. The summed E-state index contributed by atoms with van der Waals surface area (Å²) in [6.45, 7) is 1.52. The van der Waals surface area contributed by atoms with Crippen molar-refractivity contribution in [2.75, 3.05) is 19.9 Å². The molecule has 2 heterocycles. The molecular weight excluding hydrogens is 300 g/mol. The van der Waals surface area contributed by atoms with Gasteiger partial charge in [0.1, 0.15) is 0 Å². The Balaban J connectivity index is 1.88. The molecule has 0 saturated carbocycles. The zero-order valence-corrected chi connectivity index (χ0v) is 11.3. The van der Waals surface area contributed by atoms with Crippen LogP contribution in [0.4, 0.5) is 0 Å². The van der Waals surface area contributed by atoms with E-state index < -0.39 is 0 Å². The van der Waals surface area contributed by atoms with Gasteiger partial charge in [-0.1, -0.05) is 0 Å². The van der Waals surface area contributed by atoms with Gasteiger partial charge in [-0.15, -0.1) is 0 Å². The Kier molecular flexibility index (Phi) is 2.91. The van der Waals surface area contributed by atoms with Gasteiger partial charge in [0, 0.05) is 24.7 Å². The molecule has 2 aliphatic rings. The minimum absolute atomic E-state index is 0.0121. The van der Waals surface area contributed by atoms with Crippen LogP contribution in [0.3, 0.4) is 0 Å². The van der Waals surface area contributed by atoms with Crippen molar-refractivity contribution in [3.05, 3.63) is 22.2 Å². The fraction of sp³-hybridized carbons (Fsp3) is 0.417. The van der Waals surface area contributed by atoms with Crippen LogP contribution in [0.1, 0.15) is 16.8 Å². The number of nitrogens with two attached hydrogens (primary N) is 1. The number of rotatable bonds is 1. The highest BCUT2D eigenvalue weighted by molar-refractivity contribution is 9.10. The van der Waals surface area contributed by atoms with Crippen LogP contribution in [0, 0.1) is 0 Å². The SMILES string of the molecule is NC1CCN(C(=O)c2cc(Br)c3c(c2)OCO3)C1. The molecule has 2 aliphatic heterocycles. The number of ether oxygens (including phenoxy) is 2. The third kappa shape index (κ3) is 1.95. The van der Waals surface area contributed by atoms with Crippen molar-refractivity contribution in [3.8, 4) is 11.5 Å². The molecule has 1 aromatic carbocycles. The summed E-state index contributed by atoms with van der Waals surface area (Å²) in [6, 6.07) is 3.57. The fourth-order valence-corrected chi connectivity index (χ4v) is 2.80. The molecule has 1 amide bonds. The lowest BCUT2D eigenvalue weighted by Crippen LogP contribution is -2.31. The summed E-state index contributed by atoms with van der Waals surface area (Å²) in [4.78, 5) is 14.1. The molecule has 0 aromatic heterocycles. The highest BCUT2D eigenvalue weighted by Crippen LogP contribution is 2.40. The third-order valence-corrected chi connectivity index (χ3v) is 3.78. The molecule has 18 heavy (non-hydrogen) atoms. The number of carbonyl (C=O) groups excluding carboxylic acids is 1. The lowest BCUT2D eigenvalue weighted by molar-refractivity contribution is 0.0790. The Morgan fingerprint density at radius 3 is 3.00 bits per heavy atom. The zero-order valence-electron chi connectivity index (χ0n) is 9.69. The van der Waals surface area contributed by atoms with Crippen LogP contribution in [0.2, 0.25) is 0 Å². The molecule has 1 aromatic rings. The highest BCUT2D eigenvalue weighted by atomic mass is 79.9. The van der Waals surface area contributed by atoms with Gasteiger partial charge in [0.05, 0.1) is 4.47 Å². The maximum absolute atomic E-state index is 12.3. The van der Waals surface area contributed by atoms with E-state index in [0.29, 0.717) is 30.2 Å². The number of halogens is 1. The van der Waals surface area contributed by atoms with Gasteiger partial charge in [0.25, 0.3) is 5.91 Å². The first-order valence-corrected chi connectivity index (χ1v) is 6.58. The second kappa shape index (κ2) is 4.44. The first-order valence-electron chi connectivity index (χ1n) is 5.79. The van der Waals surface area contributed by atoms with Gasteiger partial charge in [-0.05, 0) is 34.5 Å². The van der Waals surface area contributed by atoms with E-state index >= 15 is 0 Å². The molecule has 1 fully saturated rings. The van der Waals surface area contributed by atoms with Crippen molar-refractivity contribution in [1.82, 2.24) is 4.90 Å². The monoisotopic (exact) mass is 312 g/mol. The molecule has 0 radical (unpaired) electrons. The lowest BCUT2D eigenvalue weighted by Gasteiger charge is -2.16. The largest absolute Gasteiger partial charge is 0.454 e. The van der Waals surface area contributed by atoms with Crippen molar-refractivity contribution >= 4 is 21.8 Å². The molecule has 5 nitrogen and oxygen atoms in total. The Morgan fingerprint density at radius 1 is 1.44 bits per heavy atom. The third-order valence-electron chi connectivity index (χ3n) is 3.19. The number of benzene rings is 1. The van der Waals surface area contributed by atoms with E-state index in [2.05, 4.69) is 15.9 Å². The Bertz CT molecular complexity index is 506. The zero-order chi connectivity index (χ0) is 12.7. The van der Waals surface area contributed by atoms with Crippen molar-refractivity contribution < 1.29 is 14.3 Å². The minimum Gasteiger partial charge on any atom is -0.454 e. The molecule has 6 heteroatoms. The van der Waals surface area contributed by atoms with Gasteiger partial charge < -0.3 is 20.1 Å². The minimum atomic E-state index is -0.0121. The van der Waals surface area contributed by atoms with Gasteiger partial charge in [-0.3, -0.25) is 4.79 Å². The number of likely N-dealkylation sites (tertiary alicyclic amines) is 1. The normalized spacial score (nSPS) is 21.4. The molecule has 1 saturated heterocycles. The van der Waals surface area contributed by atoms with Crippen LogP contribution in [-0.2, 0) is 0 Å². The molecule has 1 atom stereocenters. The predicted octanol–water partition coefficient (Wildman–Crippen LogP) is 1.35. The average Bonchev–Trinajstić information content (AvgIpc) is 2.96. The smallest absolute Gasteiger partial charge is 0.254 e. The second-order valence-corrected chi connectivity index (χ2v) is 5.35. The standard InChI is InChI=1S/C12H13BrN2O3/c13-9-3-7(4-10-11(9)18-6-17-10)12(16)15-2-1-8(14)5-15/h3-4,8H,1-2,5-6,14H2. The Hall–Kier alpha value is -1.27. The molecule has 0 aliphatic carbocycles. The van der Waals surface area contributed by atoms with E-state index in [-0.39, 0.29) is 18.7 Å². The topological polar surface area (TPSA) is 64.8 Å². The number of amides is 1. The summed E-state index contributed by atoms with van der Waals surface area (Å²) >= 11 is 3.39. The molecule has 0 spiro atoms. The number of carbonyl (C=O) groups is 1. The van der Waals surface area contributed by atoms with Gasteiger partial charge in [-0.2, -0.15) is 0 Å². The predicted molar refractivity (Wildman–Crippen MR) is 68.8 cm³/mol. The van der Waals surface area contributed by atoms with Gasteiger partial charge in [0.2, 0.25) is 6.79 Å². The second-order valence-electron chi connectivity index (χ2n) is 4.49. The summed E-state index contributed by atoms with van der Waals surface area (Å²) < 4.78 is 11.3. The maximum Gasteiger partial charge on any atom is 0.254 e. The van der Waals surface area contributed by atoms with Gasteiger partial charge in [-0.25, -0.2) is 0 Å². The average molecular weight is 313 g/mol. The maximum atomic E-state index is 12.3. The van der Waals surface area contributed by atoms with Gasteiger partial charge >= 0.3 is 0 Å². The van der Waals surface area contributed by atoms with E-state index in [4.69, 9.17) is 15.2 Å². The first-order chi connectivity index (χ1) is 8.65. The van der Waals surface area contributed by atoms with Gasteiger partial charge in [0.15, 0.2) is 11.5 Å². The van der Waals surface area contributed by atoms with E-state index in [0.717, 1.165) is 10.9 Å². The van der Waals surface area contributed by atoms with Crippen molar-refractivity contribution in [2.24, 2.45) is 5.73 Å². The number of hydrogen-bond donors (Lipinski definition) is 1. The number of nitrogens with zero attached hydrogens (tertiary/aromatic N) is 1. The van der Waals surface area contributed by atoms with Crippen LogP contribution < -0.4 is 15.2 Å². The molecule has 96 valence electrons. The number of fused-ring (bicyclic) bond motifs is 1. The Morgan fingerprint density at radius 2 is 2.28 bits per heavy atom. The van der Waals surface area contributed by atoms with E-state index in [1.54, 1.807) is 17.0 Å². The van der Waals surface area contributed by atoms with E-state index in [9.17, 15) is 4.79 Å². The number of hydrogen-bond acceptors (Lipinski definition) is 4. The van der Waals surface area contributed by atoms with Crippen molar-refractivity contribution in [3.63, 3.8) is 0 Å². The quantitative estimate of drug-likeness (QED) is 0.850. The van der Waals surface area contributed by atoms with Crippen molar-refractivity contribution in [1.29, 1.82) is 0 Å². The van der Waals surface area contributed by atoms with Crippen LogP contribution in [0.5, 0.6) is 11.5 Å². The van der Waals surface area contributed by atoms with Crippen LogP contribution in [0.25, 0.3) is 0 Å². The molecular formula is C12H13BrN2O3. The van der Waals surface area contributed by atoms with Crippen molar-refractivity contribution in [2.45, 2.75) is 12.5 Å². The molecule has 0 bridgehead atoms. The molecule has 3 rings (SSSR count). The highest BCUT2D eigenvalue weighted by Gasteiger charge is 2.27. The summed E-state index contributed by atoms with van der Waals surface area (Å²) in [5.74, 6) is 1.25. The molecule has 1 unspecified atom stereocenters. The van der Waals surface area contributed by atoms with Crippen LogP contribution in [0.15, 0.2) is 16.6 Å². The Labute approximate surface area is 113 Å².